The lowest BCUT2D eigenvalue weighted by Gasteiger charge is -2.40. The van der Waals surface area contributed by atoms with Crippen molar-refractivity contribution in [2.75, 3.05) is 17.7 Å². The largest absolute Gasteiger partial charge is 0.471 e. The molecule has 14 nitrogen and oxygen atoms in total. The average molecular weight is 797 g/mol. The monoisotopic (exact) mass is 796 g/mol. The van der Waals surface area contributed by atoms with Crippen LogP contribution in [0.15, 0.2) is 48.7 Å². The zero-order valence-electron chi connectivity index (χ0n) is 34.8. The van der Waals surface area contributed by atoms with Crippen LogP contribution < -0.4 is 15.8 Å². The molecule has 1 saturated heterocycles. The Morgan fingerprint density at radius 1 is 0.857 bits per heavy atom. The summed E-state index contributed by atoms with van der Waals surface area (Å²) in [7, 11) is -2.40. The number of ether oxygens (including phenoxy) is 2. The Morgan fingerprint density at radius 2 is 1.55 bits per heavy atom. The lowest BCUT2D eigenvalue weighted by molar-refractivity contribution is -0.0376. The number of nitrogens with one attached hydrogen (secondary N) is 1. The number of nitrogens with two attached hydrogens (primary N) is 1. The highest BCUT2D eigenvalue weighted by molar-refractivity contribution is 6.74. The van der Waals surface area contributed by atoms with Crippen molar-refractivity contribution in [1.82, 2.24) is 39.0 Å². The van der Waals surface area contributed by atoms with E-state index < -0.39 is 22.9 Å². The molecule has 0 saturated carbocycles. The molecular weight excluding hydrogens is 741 g/mol. The quantitative estimate of drug-likeness (QED) is 0.120. The van der Waals surface area contributed by atoms with Crippen LogP contribution in [0.1, 0.15) is 65.4 Å². The van der Waals surface area contributed by atoms with Crippen LogP contribution in [0.5, 0.6) is 5.88 Å². The van der Waals surface area contributed by atoms with Crippen LogP contribution in [0.25, 0.3) is 33.2 Å². The van der Waals surface area contributed by atoms with E-state index in [1.807, 2.05) is 65.6 Å². The molecule has 16 heteroatoms. The summed E-state index contributed by atoms with van der Waals surface area (Å²) in [5, 5.41) is 3.55. The van der Waals surface area contributed by atoms with Crippen molar-refractivity contribution in [3.63, 3.8) is 0 Å². The number of anilines is 3. The van der Waals surface area contributed by atoms with Crippen molar-refractivity contribution < 1.29 is 18.3 Å². The standard InChI is InChI=1S/C40H56N10O4Si2/c1-24-21-42-26-18-19-27-32(31(26)43-24)44-37(49(27)8)48-38-45-33-34(46-36(41)47-35(33)51-22-25-16-14-13-15-17-25)50(38)30-20-28(54-56(11,12)40(5,6)7)29(53-30)23-52-55(9,10)39(2,3)4/h13-19,21,28-30H,20,22-23H2,1-12H3,(H2,41,46,47)(H,44,45,48). The van der Waals surface area contributed by atoms with Crippen molar-refractivity contribution >= 4 is 67.7 Å². The van der Waals surface area contributed by atoms with Gasteiger partial charge in [-0.25, -0.2) is 15.0 Å². The number of aromatic nitrogens is 8. The summed E-state index contributed by atoms with van der Waals surface area (Å²) in [4.78, 5) is 28.8. The van der Waals surface area contributed by atoms with Gasteiger partial charge in [-0.05, 0) is 60.9 Å². The fourth-order valence-corrected chi connectivity index (χ4v) is 8.75. The zero-order chi connectivity index (χ0) is 40.4. The number of aryl methyl sites for hydroxylation is 2. The molecule has 3 atom stereocenters. The second-order valence-electron chi connectivity index (χ2n) is 17.9. The van der Waals surface area contributed by atoms with Crippen molar-refractivity contribution in [3.8, 4) is 5.88 Å². The van der Waals surface area contributed by atoms with E-state index in [0.29, 0.717) is 36.1 Å². The zero-order valence-corrected chi connectivity index (χ0v) is 36.8. The highest BCUT2D eigenvalue weighted by Crippen LogP contribution is 2.44. The van der Waals surface area contributed by atoms with Crippen molar-refractivity contribution in [3.05, 3.63) is 59.9 Å². The second-order valence-corrected chi connectivity index (χ2v) is 27.5. The van der Waals surface area contributed by atoms with Crippen LogP contribution >= 0.6 is 0 Å². The SMILES string of the molecule is Cc1cnc2ccc3c(nc(Nc4nc5c(OCc6ccccc6)nc(N)nc5n4C4CC(O[Si](C)(C)C(C)(C)C)C(CO[Si](C)(C)C(C)(C)C)O4)n3C)c2n1. The number of hydrogen-bond donors (Lipinski definition) is 2. The molecule has 0 spiro atoms. The number of nitrogens with zero attached hydrogens (tertiary/aromatic N) is 8. The molecule has 2 aromatic carbocycles. The summed E-state index contributed by atoms with van der Waals surface area (Å²) in [6.07, 6.45) is 1.16. The minimum Gasteiger partial charge on any atom is -0.471 e. The predicted octanol–water partition coefficient (Wildman–Crippen LogP) is 8.57. The van der Waals surface area contributed by atoms with E-state index in [-0.39, 0.29) is 40.7 Å². The Labute approximate surface area is 330 Å². The van der Waals surface area contributed by atoms with Gasteiger partial charge < -0.3 is 28.6 Å². The van der Waals surface area contributed by atoms with Gasteiger partial charge >= 0.3 is 0 Å². The molecule has 56 heavy (non-hydrogen) atoms. The van der Waals surface area contributed by atoms with Gasteiger partial charge in [-0.15, -0.1) is 0 Å². The number of hydrogen-bond acceptors (Lipinski definition) is 12. The summed E-state index contributed by atoms with van der Waals surface area (Å²) < 4.78 is 31.2. The molecule has 1 fully saturated rings. The fraction of sp³-hybridized carbons (Fsp3) is 0.500. The molecule has 5 heterocycles. The Morgan fingerprint density at radius 3 is 2.25 bits per heavy atom. The number of nitrogen functional groups attached to an aromatic ring is 1. The van der Waals surface area contributed by atoms with Crippen molar-refractivity contribution in [2.24, 2.45) is 7.05 Å². The molecule has 298 valence electrons. The van der Waals surface area contributed by atoms with Gasteiger partial charge in [0.2, 0.25) is 23.7 Å². The summed E-state index contributed by atoms with van der Waals surface area (Å²) in [5.41, 5.74) is 12.2. The highest BCUT2D eigenvalue weighted by atomic mass is 28.4. The fourth-order valence-electron chi connectivity index (χ4n) is 6.38. The first-order valence-corrected chi connectivity index (χ1v) is 25.1. The third kappa shape index (κ3) is 7.64. The second kappa shape index (κ2) is 14.5. The Bertz CT molecular complexity index is 2380. The summed E-state index contributed by atoms with van der Waals surface area (Å²) >= 11 is 0. The van der Waals surface area contributed by atoms with E-state index in [1.165, 1.54) is 0 Å². The van der Waals surface area contributed by atoms with Crippen LogP contribution in [0, 0.1) is 6.92 Å². The minimum absolute atomic E-state index is 0.00961. The van der Waals surface area contributed by atoms with Gasteiger partial charge in [0, 0.05) is 19.7 Å². The molecule has 1 aliphatic heterocycles. The number of fused-ring (bicyclic) bond motifs is 4. The van der Waals surface area contributed by atoms with E-state index in [1.54, 1.807) is 6.20 Å². The molecule has 1 aliphatic rings. The first-order valence-electron chi connectivity index (χ1n) is 19.3. The maximum atomic E-state index is 7.15. The smallest absolute Gasteiger partial charge is 0.247 e. The maximum absolute atomic E-state index is 7.15. The third-order valence-corrected chi connectivity index (χ3v) is 20.8. The maximum Gasteiger partial charge on any atom is 0.247 e. The van der Waals surface area contributed by atoms with Gasteiger partial charge in [-0.2, -0.15) is 9.97 Å². The van der Waals surface area contributed by atoms with Crippen molar-refractivity contribution in [2.45, 2.75) is 116 Å². The molecule has 7 rings (SSSR count). The predicted molar refractivity (Wildman–Crippen MR) is 226 cm³/mol. The van der Waals surface area contributed by atoms with Gasteiger partial charge in [-0.3, -0.25) is 14.9 Å². The Balaban J connectivity index is 1.34. The molecule has 3 unspecified atom stereocenters. The molecule has 3 N–H and O–H groups in total. The molecule has 0 bridgehead atoms. The van der Waals surface area contributed by atoms with E-state index in [4.69, 9.17) is 44.0 Å². The van der Waals surface area contributed by atoms with Crippen LogP contribution in [-0.2, 0) is 27.2 Å². The van der Waals surface area contributed by atoms with E-state index in [0.717, 1.165) is 33.3 Å². The van der Waals surface area contributed by atoms with Gasteiger partial charge in [0.15, 0.2) is 27.8 Å². The average Bonchev–Trinajstić information content (AvgIpc) is 3.78. The molecule has 6 aromatic rings. The van der Waals surface area contributed by atoms with Gasteiger partial charge in [0.25, 0.3) is 0 Å². The number of rotatable bonds is 11. The topological polar surface area (TPSA) is 162 Å². The van der Waals surface area contributed by atoms with Crippen LogP contribution in [-0.4, -0.2) is 74.5 Å². The third-order valence-electron chi connectivity index (χ3n) is 11.8. The summed E-state index contributed by atoms with van der Waals surface area (Å²) in [6, 6.07) is 13.9. The molecule has 0 radical (unpaired) electrons. The lowest BCUT2D eigenvalue weighted by atomic mass is 10.2. The van der Waals surface area contributed by atoms with Gasteiger partial charge in [0.1, 0.15) is 30.0 Å². The summed E-state index contributed by atoms with van der Waals surface area (Å²) in [6.45, 7) is 25.2. The molecule has 0 aliphatic carbocycles. The van der Waals surface area contributed by atoms with Gasteiger partial charge in [0.05, 0.1) is 29.4 Å². The highest BCUT2D eigenvalue weighted by Gasteiger charge is 2.47. The van der Waals surface area contributed by atoms with E-state index in [9.17, 15) is 0 Å². The Hall–Kier alpha value is -4.49. The van der Waals surface area contributed by atoms with Gasteiger partial charge in [-0.1, -0.05) is 71.9 Å². The van der Waals surface area contributed by atoms with E-state index >= 15 is 0 Å². The minimum atomic E-state index is -2.23. The Kier molecular flexibility index (Phi) is 10.3. The van der Waals surface area contributed by atoms with E-state index in [2.05, 4.69) is 83.0 Å². The normalized spacial score (nSPS) is 18.4. The van der Waals surface area contributed by atoms with Crippen LogP contribution in [0.4, 0.5) is 17.8 Å². The van der Waals surface area contributed by atoms with Crippen LogP contribution in [0.2, 0.25) is 36.3 Å². The summed E-state index contributed by atoms with van der Waals surface area (Å²) in [5.74, 6) is 1.31. The first-order chi connectivity index (χ1) is 26.2. The number of imidazole rings is 2. The lowest BCUT2D eigenvalue weighted by Crippen LogP contribution is -2.48. The first kappa shape index (κ1) is 39.7. The van der Waals surface area contributed by atoms with Crippen LogP contribution in [0.3, 0.4) is 0 Å². The molecule has 0 amide bonds. The molecular formula is C40H56N10O4Si2. The molecule has 4 aromatic heterocycles. The number of benzene rings is 2. The van der Waals surface area contributed by atoms with Crippen molar-refractivity contribution in [1.29, 1.82) is 0 Å².